The molecule has 1 aromatic heterocycles. The SMILES string of the molecule is O=C(CCC1CCCCC1)NCc1ccc(C(=O)O)o1. The van der Waals surface area contributed by atoms with Crippen LogP contribution in [0, 0.1) is 5.92 Å². The molecule has 5 nitrogen and oxygen atoms in total. The zero-order chi connectivity index (χ0) is 14.4. The normalized spacial score (nSPS) is 16.0. The molecule has 0 aliphatic heterocycles. The summed E-state index contributed by atoms with van der Waals surface area (Å²) in [6.07, 6.45) is 7.88. The highest BCUT2D eigenvalue weighted by atomic mass is 16.4. The first-order valence-electron chi connectivity index (χ1n) is 7.24. The van der Waals surface area contributed by atoms with Gasteiger partial charge >= 0.3 is 5.97 Å². The number of aromatic carboxylic acids is 1. The molecule has 1 aliphatic rings. The largest absolute Gasteiger partial charge is 0.475 e. The van der Waals surface area contributed by atoms with Crippen LogP contribution in [0.15, 0.2) is 16.5 Å². The molecule has 1 aromatic rings. The van der Waals surface area contributed by atoms with Crippen molar-refractivity contribution >= 4 is 11.9 Å². The molecule has 1 saturated carbocycles. The number of carbonyl (C=O) groups excluding carboxylic acids is 1. The Bertz CT molecular complexity index is 460. The fourth-order valence-electron chi connectivity index (χ4n) is 2.67. The summed E-state index contributed by atoms with van der Waals surface area (Å²) in [4.78, 5) is 22.4. The summed E-state index contributed by atoms with van der Waals surface area (Å²) in [5.41, 5.74) is 0. The summed E-state index contributed by atoms with van der Waals surface area (Å²) in [7, 11) is 0. The number of hydrogen-bond donors (Lipinski definition) is 2. The average Bonchev–Trinajstić information content (AvgIpc) is 2.93. The number of nitrogens with one attached hydrogen (secondary N) is 1. The van der Waals surface area contributed by atoms with Crippen molar-refractivity contribution in [3.05, 3.63) is 23.7 Å². The monoisotopic (exact) mass is 279 g/mol. The number of carboxylic acids is 1. The molecular weight excluding hydrogens is 258 g/mol. The van der Waals surface area contributed by atoms with Crippen LogP contribution >= 0.6 is 0 Å². The molecule has 1 fully saturated rings. The van der Waals surface area contributed by atoms with E-state index in [1.54, 1.807) is 6.07 Å². The van der Waals surface area contributed by atoms with Gasteiger partial charge in [0.05, 0.1) is 6.54 Å². The van der Waals surface area contributed by atoms with Crippen molar-refractivity contribution in [1.82, 2.24) is 5.32 Å². The van der Waals surface area contributed by atoms with Gasteiger partial charge in [0.25, 0.3) is 0 Å². The lowest BCUT2D eigenvalue weighted by molar-refractivity contribution is -0.121. The van der Waals surface area contributed by atoms with Crippen LogP contribution in [-0.4, -0.2) is 17.0 Å². The molecule has 0 spiro atoms. The number of amides is 1. The lowest BCUT2D eigenvalue weighted by Gasteiger charge is -2.20. The zero-order valence-electron chi connectivity index (χ0n) is 11.6. The van der Waals surface area contributed by atoms with Gasteiger partial charge < -0.3 is 14.8 Å². The first kappa shape index (κ1) is 14.6. The molecule has 1 aliphatic carbocycles. The van der Waals surface area contributed by atoms with Crippen LogP contribution in [0.25, 0.3) is 0 Å². The second-order valence-corrected chi connectivity index (χ2v) is 5.39. The minimum Gasteiger partial charge on any atom is -0.475 e. The van der Waals surface area contributed by atoms with Gasteiger partial charge in [0, 0.05) is 6.42 Å². The van der Waals surface area contributed by atoms with Crippen molar-refractivity contribution in [2.45, 2.75) is 51.5 Å². The number of hydrogen-bond acceptors (Lipinski definition) is 3. The molecule has 0 atom stereocenters. The van der Waals surface area contributed by atoms with Crippen LogP contribution in [0.4, 0.5) is 0 Å². The number of furan rings is 1. The zero-order valence-corrected chi connectivity index (χ0v) is 11.6. The molecule has 110 valence electrons. The lowest BCUT2D eigenvalue weighted by atomic mass is 9.86. The Balaban J connectivity index is 1.67. The third kappa shape index (κ3) is 4.40. The first-order valence-corrected chi connectivity index (χ1v) is 7.24. The van der Waals surface area contributed by atoms with Crippen LogP contribution in [0.2, 0.25) is 0 Å². The Morgan fingerprint density at radius 1 is 1.25 bits per heavy atom. The van der Waals surface area contributed by atoms with Gasteiger partial charge in [-0.05, 0) is 24.5 Å². The van der Waals surface area contributed by atoms with Gasteiger partial charge in [-0.3, -0.25) is 4.79 Å². The Labute approximate surface area is 118 Å². The van der Waals surface area contributed by atoms with Gasteiger partial charge in [0.15, 0.2) is 0 Å². The second kappa shape index (κ2) is 7.12. The molecule has 0 unspecified atom stereocenters. The highest BCUT2D eigenvalue weighted by Crippen LogP contribution is 2.27. The van der Waals surface area contributed by atoms with Gasteiger partial charge in [0.2, 0.25) is 11.7 Å². The smallest absolute Gasteiger partial charge is 0.371 e. The van der Waals surface area contributed by atoms with E-state index in [2.05, 4.69) is 5.32 Å². The summed E-state index contributed by atoms with van der Waals surface area (Å²) in [6, 6.07) is 2.97. The minimum absolute atomic E-state index is 0.00356. The molecular formula is C15H21NO4. The third-order valence-corrected chi connectivity index (χ3v) is 3.84. The topological polar surface area (TPSA) is 79.5 Å². The molecule has 0 radical (unpaired) electrons. The fraction of sp³-hybridized carbons (Fsp3) is 0.600. The summed E-state index contributed by atoms with van der Waals surface area (Å²) in [5.74, 6) is -0.0367. The van der Waals surface area contributed by atoms with Gasteiger partial charge in [-0.15, -0.1) is 0 Å². The Morgan fingerprint density at radius 2 is 2.00 bits per heavy atom. The van der Waals surface area contributed by atoms with E-state index < -0.39 is 5.97 Å². The Hall–Kier alpha value is -1.78. The van der Waals surface area contributed by atoms with E-state index in [0.717, 1.165) is 6.42 Å². The van der Waals surface area contributed by atoms with E-state index in [4.69, 9.17) is 9.52 Å². The molecule has 0 bridgehead atoms. The number of carbonyl (C=O) groups is 2. The number of carboxylic acid groups (broad SMARTS) is 1. The van der Waals surface area contributed by atoms with Crippen LogP contribution in [0.3, 0.4) is 0 Å². The van der Waals surface area contributed by atoms with E-state index in [0.29, 0.717) is 18.1 Å². The van der Waals surface area contributed by atoms with Crippen molar-refractivity contribution in [3.63, 3.8) is 0 Å². The van der Waals surface area contributed by atoms with Gasteiger partial charge in [-0.1, -0.05) is 32.1 Å². The molecule has 0 saturated heterocycles. The van der Waals surface area contributed by atoms with Crippen LogP contribution in [-0.2, 0) is 11.3 Å². The predicted octanol–water partition coefficient (Wildman–Crippen LogP) is 2.95. The summed E-state index contributed by atoms with van der Waals surface area (Å²) in [6.45, 7) is 0.247. The third-order valence-electron chi connectivity index (χ3n) is 3.84. The summed E-state index contributed by atoms with van der Waals surface area (Å²) >= 11 is 0. The summed E-state index contributed by atoms with van der Waals surface area (Å²) < 4.78 is 5.08. The van der Waals surface area contributed by atoms with E-state index in [9.17, 15) is 9.59 Å². The second-order valence-electron chi connectivity index (χ2n) is 5.39. The van der Waals surface area contributed by atoms with Gasteiger partial charge in [-0.25, -0.2) is 4.79 Å². The lowest BCUT2D eigenvalue weighted by Crippen LogP contribution is -2.23. The Morgan fingerprint density at radius 3 is 2.65 bits per heavy atom. The predicted molar refractivity (Wildman–Crippen MR) is 73.3 cm³/mol. The quantitative estimate of drug-likeness (QED) is 0.839. The maximum atomic E-state index is 11.7. The van der Waals surface area contributed by atoms with E-state index in [-0.39, 0.29) is 18.2 Å². The van der Waals surface area contributed by atoms with Crippen LogP contribution < -0.4 is 5.32 Å². The van der Waals surface area contributed by atoms with Gasteiger partial charge in [-0.2, -0.15) is 0 Å². The first-order chi connectivity index (χ1) is 9.65. The van der Waals surface area contributed by atoms with E-state index >= 15 is 0 Å². The standard InChI is InChI=1S/C15H21NO4/c17-14(9-6-11-4-2-1-3-5-11)16-10-12-7-8-13(20-12)15(18)19/h7-8,11H,1-6,9-10H2,(H,16,17)(H,18,19). The maximum Gasteiger partial charge on any atom is 0.371 e. The fourth-order valence-corrected chi connectivity index (χ4v) is 2.67. The molecule has 0 aromatic carbocycles. The van der Waals surface area contributed by atoms with Crippen molar-refractivity contribution in [1.29, 1.82) is 0 Å². The summed E-state index contributed by atoms with van der Waals surface area (Å²) in [5, 5.41) is 11.5. The Kier molecular flexibility index (Phi) is 5.21. The molecule has 1 amide bonds. The van der Waals surface area contributed by atoms with Crippen molar-refractivity contribution in [2.75, 3.05) is 0 Å². The average molecular weight is 279 g/mol. The van der Waals surface area contributed by atoms with Crippen molar-refractivity contribution in [3.8, 4) is 0 Å². The molecule has 2 rings (SSSR count). The van der Waals surface area contributed by atoms with Gasteiger partial charge in [0.1, 0.15) is 5.76 Å². The van der Waals surface area contributed by atoms with Crippen LogP contribution in [0.5, 0.6) is 0 Å². The van der Waals surface area contributed by atoms with E-state index in [1.807, 2.05) is 0 Å². The van der Waals surface area contributed by atoms with Crippen molar-refractivity contribution < 1.29 is 19.1 Å². The van der Waals surface area contributed by atoms with Crippen LogP contribution in [0.1, 0.15) is 61.3 Å². The maximum absolute atomic E-state index is 11.7. The molecule has 1 heterocycles. The molecule has 20 heavy (non-hydrogen) atoms. The van der Waals surface area contributed by atoms with Crippen molar-refractivity contribution in [2.24, 2.45) is 5.92 Å². The minimum atomic E-state index is -1.10. The van der Waals surface area contributed by atoms with E-state index in [1.165, 1.54) is 38.2 Å². The number of rotatable bonds is 6. The highest BCUT2D eigenvalue weighted by Gasteiger charge is 2.15. The highest BCUT2D eigenvalue weighted by molar-refractivity contribution is 5.84. The molecule has 2 N–H and O–H groups in total. The molecule has 5 heteroatoms.